The van der Waals surface area contributed by atoms with E-state index in [1.165, 1.54) is 18.0 Å². The smallest absolute Gasteiger partial charge is 0.141 e. The minimum atomic E-state index is 0.523. The van der Waals surface area contributed by atoms with Gasteiger partial charge in [0.2, 0.25) is 0 Å². The van der Waals surface area contributed by atoms with Gasteiger partial charge in [0, 0.05) is 9.92 Å². The van der Waals surface area contributed by atoms with Crippen LogP contribution in [0, 0.1) is 11.3 Å². The number of benzene rings is 1. The Morgan fingerprint density at radius 1 is 1.19 bits per heavy atom. The fourth-order valence-corrected chi connectivity index (χ4v) is 2.03. The van der Waals surface area contributed by atoms with Crippen LogP contribution in [0.25, 0.3) is 0 Å². The Balaban J connectivity index is 2.27. The lowest BCUT2D eigenvalue weighted by molar-refractivity contribution is 0.920. The van der Waals surface area contributed by atoms with Crippen molar-refractivity contribution >= 4 is 23.4 Å². The number of halogens is 1. The zero-order valence-electron chi connectivity index (χ0n) is 8.09. The monoisotopic (exact) mass is 247 g/mol. The van der Waals surface area contributed by atoms with Crippen molar-refractivity contribution in [2.45, 2.75) is 9.92 Å². The van der Waals surface area contributed by atoms with Gasteiger partial charge in [-0.3, -0.25) is 0 Å². The first-order chi connectivity index (χ1) is 7.79. The summed E-state index contributed by atoms with van der Waals surface area (Å²) in [7, 11) is 0. The van der Waals surface area contributed by atoms with Gasteiger partial charge in [-0.15, -0.1) is 5.10 Å². The summed E-state index contributed by atoms with van der Waals surface area (Å²) in [6, 6.07) is 11.1. The Labute approximate surface area is 102 Å². The summed E-state index contributed by atoms with van der Waals surface area (Å²) in [5, 5.41) is 17.9. The van der Waals surface area contributed by atoms with Gasteiger partial charge in [-0.25, -0.2) is 0 Å². The highest BCUT2D eigenvalue weighted by Crippen LogP contribution is 2.28. The summed E-state index contributed by atoms with van der Waals surface area (Å²) in [6.07, 6.45) is 1.50. The van der Waals surface area contributed by atoms with E-state index in [9.17, 15) is 0 Å². The minimum Gasteiger partial charge on any atom is -0.192 e. The molecule has 0 aliphatic rings. The molecule has 16 heavy (non-hydrogen) atoms. The SMILES string of the molecule is N#Cc1ccnnc1Sc1ccc(Cl)cc1. The van der Waals surface area contributed by atoms with Crippen molar-refractivity contribution in [2.24, 2.45) is 0 Å². The maximum Gasteiger partial charge on any atom is 0.141 e. The average molecular weight is 248 g/mol. The molecule has 0 bridgehead atoms. The number of nitrogens with zero attached hydrogens (tertiary/aromatic N) is 3. The highest BCUT2D eigenvalue weighted by molar-refractivity contribution is 7.99. The van der Waals surface area contributed by atoms with Crippen LogP contribution in [0.2, 0.25) is 5.02 Å². The Kier molecular flexibility index (Phi) is 3.40. The number of hydrogen-bond acceptors (Lipinski definition) is 4. The van der Waals surface area contributed by atoms with Crippen LogP contribution in [0.4, 0.5) is 0 Å². The van der Waals surface area contributed by atoms with Crippen LogP contribution < -0.4 is 0 Å². The molecule has 0 aliphatic heterocycles. The van der Waals surface area contributed by atoms with Gasteiger partial charge in [-0.1, -0.05) is 23.4 Å². The predicted octanol–water partition coefficient (Wildman–Crippen LogP) is 3.15. The molecular weight excluding hydrogens is 242 g/mol. The average Bonchev–Trinajstić information content (AvgIpc) is 2.33. The van der Waals surface area contributed by atoms with Gasteiger partial charge in [-0.05, 0) is 30.3 Å². The fraction of sp³-hybridized carbons (Fsp3) is 0. The van der Waals surface area contributed by atoms with Gasteiger partial charge in [-0.2, -0.15) is 10.4 Å². The molecule has 0 spiro atoms. The first kappa shape index (κ1) is 10.9. The number of nitriles is 1. The molecule has 0 aliphatic carbocycles. The lowest BCUT2D eigenvalue weighted by atomic mass is 10.3. The van der Waals surface area contributed by atoms with E-state index in [1.54, 1.807) is 18.2 Å². The second-order valence-electron chi connectivity index (χ2n) is 2.92. The van der Waals surface area contributed by atoms with Gasteiger partial charge < -0.3 is 0 Å². The van der Waals surface area contributed by atoms with Crippen molar-refractivity contribution in [3.63, 3.8) is 0 Å². The van der Waals surface area contributed by atoms with Crippen LogP contribution in [0.15, 0.2) is 46.5 Å². The van der Waals surface area contributed by atoms with Gasteiger partial charge in [0.15, 0.2) is 0 Å². The van der Waals surface area contributed by atoms with Crippen molar-refractivity contribution in [1.29, 1.82) is 5.26 Å². The van der Waals surface area contributed by atoms with Crippen LogP contribution in [0.5, 0.6) is 0 Å². The summed E-state index contributed by atoms with van der Waals surface area (Å²) in [5.41, 5.74) is 0.523. The molecule has 0 fully saturated rings. The van der Waals surface area contributed by atoms with Crippen LogP contribution in [-0.2, 0) is 0 Å². The van der Waals surface area contributed by atoms with E-state index in [4.69, 9.17) is 16.9 Å². The molecule has 0 unspecified atom stereocenters. The topological polar surface area (TPSA) is 49.6 Å². The summed E-state index contributed by atoms with van der Waals surface area (Å²) < 4.78 is 0. The highest BCUT2D eigenvalue weighted by Gasteiger charge is 2.05. The summed E-state index contributed by atoms with van der Waals surface area (Å²) >= 11 is 7.18. The van der Waals surface area contributed by atoms with E-state index in [-0.39, 0.29) is 0 Å². The fourth-order valence-electron chi connectivity index (χ4n) is 1.09. The van der Waals surface area contributed by atoms with Gasteiger partial charge >= 0.3 is 0 Å². The lowest BCUT2D eigenvalue weighted by Gasteiger charge is -2.01. The van der Waals surface area contributed by atoms with Crippen LogP contribution in [0.3, 0.4) is 0 Å². The maximum atomic E-state index is 8.89. The first-order valence-corrected chi connectivity index (χ1v) is 5.64. The van der Waals surface area contributed by atoms with Crippen molar-refractivity contribution in [3.05, 3.63) is 47.1 Å². The maximum absolute atomic E-state index is 8.89. The minimum absolute atomic E-state index is 0.523. The van der Waals surface area contributed by atoms with E-state index in [1.807, 2.05) is 12.1 Å². The van der Waals surface area contributed by atoms with Crippen molar-refractivity contribution in [3.8, 4) is 6.07 Å². The molecule has 1 aromatic heterocycles. The Morgan fingerprint density at radius 2 is 1.94 bits per heavy atom. The van der Waals surface area contributed by atoms with E-state index < -0.39 is 0 Å². The van der Waals surface area contributed by atoms with Gasteiger partial charge in [0.05, 0.1) is 11.8 Å². The molecule has 1 aromatic carbocycles. The molecule has 2 aromatic rings. The second-order valence-corrected chi connectivity index (χ2v) is 4.42. The van der Waals surface area contributed by atoms with Crippen LogP contribution in [-0.4, -0.2) is 10.2 Å². The third kappa shape index (κ3) is 2.51. The molecule has 0 radical (unpaired) electrons. The van der Waals surface area contributed by atoms with Gasteiger partial charge in [0.1, 0.15) is 11.1 Å². The van der Waals surface area contributed by atoms with E-state index in [2.05, 4.69) is 16.3 Å². The zero-order chi connectivity index (χ0) is 11.4. The summed E-state index contributed by atoms with van der Waals surface area (Å²) in [5.74, 6) is 0. The van der Waals surface area contributed by atoms with Gasteiger partial charge in [0.25, 0.3) is 0 Å². The normalized spacial score (nSPS) is 9.75. The van der Waals surface area contributed by atoms with Crippen LogP contribution in [0.1, 0.15) is 5.56 Å². The summed E-state index contributed by atoms with van der Waals surface area (Å²) in [4.78, 5) is 0.974. The molecule has 0 atom stereocenters. The number of aromatic nitrogens is 2. The first-order valence-electron chi connectivity index (χ1n) is 4.45. The van der Waals surface area contributed by atoms with E-state index in [0.717, 1.165) is 4.90 Å². The van der Waals surface area contributed by atoms with Crippen molar-refractivity contribution in [2.75, 3.05) is 0 Å². The number of rotatable bonds is 2. The molecule has 1 heterocycles. The Bertz CT molecular complexity index is 534. The summed E-state index contributed by atoms with van der Waals surface area (Å²) in [6.45, 7) is 0. The largest absolute Gasteiger partial charge is 0.192 e. The van der Waals surface area contributed by atoms with Crippen LogP contribution >= 0.6 is 23.4 Å². The second kappa shape index (κ2) is 4.97. The third-order valence-electron chi connectivity index (χ3n) is 1.84. The molecule has 0 saturated heterocycles. The Morgan fingerprint density at radius 3 is 2.62 bits per heavy atom. The van der Waals surface area contributed by atoms with E-state index in [0.29, 0.717) is 15.6 Å². The Hall–Kier alpha value is -1.57. The van der Waals surface area contributed by atoms with Crippen molar-refractivity contribution in [1.82, 2.24) is 10.2 Å². The molecule has 0 saturated carbocycles. The van der Waals surface area contributed by atoms with Crippen molar-refractivity contribution < 1.29 is 0 Å². The quantitative estimate of drug-likeness (QED) is 0.818. The molecule has 2 rings (SSSR count). The zero-order valence-corrected chi connectivity index (χ0v) is 9.66. The predicted molar refractivity (Wildman–Crippen MR) is 62.3 cm³/mol. The third-order valence-corrected chi connectivity index (χ3v) is 3.09. The van der Waals surface area contributed by atoms with E-state index >= 15 is 0 Å². The molecule has 3 nitrogen and oxygen atoms in total. The molecule has 5 heteroatoms. The molecule has 0 N–H and O–H groups in total. The molecule has 0 amide bonds. The standard InChI is InChI=1S/C11H6ClN3S/c12-9-1-3-10(4-2-9)16-11-8(7-13)5-6-14-15-11/h1-6H. The lowest BCUT2D eigenvalue weighted by Crippen LogP contribution is -1.88. The number of hydrogen-bond donors (Lipinski definition) is 0. The highest BCUT2D eigenvalue weighted by atomic mass is 35.5. The molecule has 78 valence electrons. The molecular formula is C11H6ClN3S.